The Bertz CT molecular complexity index is 823. The third-order valence-electron chi connectivity index (χ3n) is 3.97. The second kappa shape index (κ2) is 4.88. The van der Waals surface area contributed by atoms with Crippen LogP contribution in [0.5, 0.6) is 5.75 Å². The van der Waals surface area contributed by atoms with Gasteiger partial charge in [-0.05, 0) is 36.4 Å². The Morgan fingerprint density at radius 2 is 2.00 bits per heavy atom. The van der Waals surface area contributed by atoms with Gasteiger partial charge in [-0.25, -0.2) is 0 Å². The first-order valence-corrected chi connectivity index (χ1v) is 7.20. The number of ether oxygens (including phenoxy) is 1. The minimum absolute atomic E-state index is 0.444. The van der Waals surface area contributed by atoms with Gasteiger partial charge in [-0.3, -0.25) is 4.98 Å². The smallest absolute Gasteiger partial charge is 0.123 e. The van der Waals surface area contributed by atoms with Crippen LogP contribution in [0, 0.1) is 6.92 Å². The molecule has 0 unspecified atom stereocenters. The van der Waals surface area contributed by atoms with Gasteiger partial charge in [0.15, 0.2) is 0 Å². The molecule has 0 fully saturated rings. The van der Waals surface area contributed by atoms with Gasteiger partial charge < -0.3 is 4.74 Å². The Labute approximate surface area is 124 Å². The summed E-state index contributed by atoms with van der Waals surface area (Å²) in [5.74, 6) is 0.983. The van der Waals surface area contributed by atoms with Crippen LogP contribution < -0.4 is 4.74 Å². The summed E-state index contributed by atoms with van der Waals surface area (Å²) in [5.41, 5.74) is 4.25. The Hall–Kier alpha value is -2.35. The molecule has 2 aromatic carbocycles. The van der Waals surface area contributed by atoms with Gasteiger partial charge in [-0.15, -0.1) is 0 Å². The molecule has 2 nitrogen and oxygen atoms in total. The van der Waals surface area contributed by atoms with E-state index >= 15 is 0 Å². The minimum Gasteiger partial charge on any atom is -0.493 e. The predicted octanol–water partition coefficient (Wildman–Crippen LogP) is 4.09. The number of hydrogen-bond acceptors (Lipinski definition) is 2. The van der Waals surface area contributed by atoms with Crippen LogP contribution >= 0.6 is 0 Å². The molecule has 0 N–H and O–H groups in total. The van der Waals surface area contributed by atoms with Crippen LogP contribution in [-0.4, -0.2) is 11.6 Å². The second-order valence-electron chi connectivity index (χ2n) is 5.31. The standard InChI is InChI=1S/C19H15NO/c1-2-16-11-14-5-3-4-6-17(14)19(20-16)15-8-7-13-9-10-21-18(13)12-15/h1,3-8,11-12H,2,9-10H2. The Balaban J connectivity index is 1.96. The highest BCUT2D eigenvalue weighted by atomic mass is 16.5. The number of nitrogens with zero attached hydrogens (tertiary/aromatic N) is 1. The van der Waals surface area contributed by atoms with Gasteiger partial charge in [0, 0.05) is 23.1 Å². The molecule has 1 aliphatic rings. The van der Waals surface area contributed by atoms with E-state index in [0.29, 0.717) is 6.42 Å². The number of aromatic nitrogens is 1. The van der Waals surface area contributed by atoms with Crippen molar-refractivity contribution >= 4 is 10.8 Å². The van der Waals surface area contributed by atoms with E-state index in [4.69, 9.17) is 16.6 Å². The van der Waals surface area contributed by atoms with Crippen molar-refractivity contribution in [1.29, 1.82) is 0 Å². The monoisotopic (exact) mass is 273 g/mol. The molecule has 3 aromatic rings. The Morgan fingerprint density at radius 1 is 1.10 bits per heavy atom. The van der Waals surface area contributed by atoms with E-state index in [1.54, 1.807) is 0 Å². The molecule has 0 amide bonds. The number of hydrogen-bond donors (Lipinski definition) is 0. The molecule has 1 aliphatic heterocycles. The fourth-order valence-electron chi connectivity index (χ4n) is 2.89. The van der Waals surface area contributed by atoms with E-state index in [1.807, 2.05) is 12.1 Å². The normalized spacial score (nSPS) is 13.2. The second-order valence-corrected chi connectivity index (χ2v) is 5.31. The van der Waals surface area contributed by atoms with Crippen LogP contribution in [0.2, 0.25) is 0 Å². The molecule has 0 aliphatic carbocycles. The molecule has 2 heterocycles. The zero-order valence-electron chi connectivity index (χ0n) is 11.7. The molecule has 0 saturated heterocycles. The maximum atomic E-state index is 5.79. The van der Waals surface area contributed by atoms with Gasteiger partial charge in [-0.2, -0.15) is 0 Å². The van der Waals surface area contributed by atoms with Crippen molar-refractivity contribution in [2.24, 2.45) is 0 Å². The molecule has 0 atom stereocenters. The van der Waals surface area contributed by atoms with Gasteiger partial charge in [0.25, 0.3) is 0 Å². The molecule has 0 bridgehead atoms. The van der Waals surface area contributed by atoms with Crippen LogP contribution in [0.25, 0.3) is 22.0 Å². The van der Waals surface area contributed by atoms with Gasteiger partial charge >= 0.3 is 0 Å². The highest BCUT2D eigenvalue weighted by Crippen LogP contribution is 2.33. The third kappa shape index (κ3) is 2.07. The van der Waals surface area contributed by atoms with Crippen LogP contribution in [0.3, 0.4) is 0 Å². The lowest BCUT2D eigenvalue weighted by Gasteiger charge is -2.10. The van der Waals surface area contributed by atoms with E-state index in [9.17, 15) is 0 Å². The van der Waals surface area contributed by atoms with Crippen LogP contribution in [0.1, 0.15) is 11.3 Å². The number of rotatable bonds is 2. The molecule has 2 heteroatoms. The van der Waals surface area contributed by atoms with Crippen molar-refractivity contribution in [3.05, 3.63) is 66.7 Å². The largest absolute Gasteiger partial charge is 0.493 e. The van der Waals surface area contributed by atoms with Gasteiger partial charge in [0.05, 0.1) is 12.3 Å². The van der Waals surface area contributed by atoms with Crippen LogP contribution in [0.15, 0.2) is 48.5 Å². The first kappa shape index (κ1) is 12.4. The van der Waals surface area contributed by atoms with E-state index in [-0.39, 0.29) is 0 Å². The topological polar surface area (TPSA) is 22.1 Å². The third-order valence-corrected chi connectivity index (χ3v) is 3.97. The fourth-order valence-corrected chi connectivity index (χ4v) is 2.89. The molecule has 2 radical (unpaired) electrons. The maximum absolute atomic E-state index is 5.79. The van der Waals surface area contributed by atoms with Gasteiger partial charge in [0.1, 0.15) is 5.75 Å². The van der Waals surface area contributed by atoms with Gasteiger partial charge in [-0.1, -0.05) is 36.4 Å². The molecular weight excluding hydrogens is 258 g/mol. The summed E-state index contributed by atoms with van der Waals surface area (Å²) in [5, 5.41) is 2.32. The van der Waals surface area contributed by atoms with Crippen molar-refractivity contribution in [2.45, 2.75) is 12.8 Å². The van der Waals surface area contributed by atoms with Crippen molar-refractivity contribution < 1.29 is 4.74 Å². The van der Waals surface area contributed by atoms with Crippen molar-refractivity contribution in [3.8, 4) is 17.0 Å². The quantitative estimate of drug-likeness (QED) is 0.701. The van der Waals surface area contributed by atoms with E-state index in [0.717, 1.165) is 41.1 Å². The average Bonchev–Trinajstić information content (AvgIpc) is 3.01. The Kier molecular flexibility index (Phi) is 2.88. The molecule has 4 rings (SSSR count). The van der Waals surface area contributed by atoms with Crippen molar-refractivity contribution in [1.82, 2.24) is 4.98 Å². The first-order valence-electron chi connectivity index (χ1n) is 7.20. The maximum Gasteiger partial charge on any atom is 0.123 e. The highest BCUT2D eigenvalue weighted by molar-refractivity contribution is 5.95. The first-order chi connectivity index (χ1) is 10.3. The van der Waals surface area contributed by atoms with E-state index in [2.05, 4.69) is 36.4 Å². The fraction of sp³-hybridized carbons (Fsp3) is 0.158. The summed E-state index contributed by atoms with van der Waals surface area (Å²) >= 11 is 0. The molecular formula is C19H15NO. The van der Waals surface area contributed by atoms with Crippen LogP contribution in [-0.2, 0) is 12.8 Å². The summed E-state index contributed by atoms with van der Waals surface area (Å²) < 4.78 is 5.68. The summed E-state index contributed by atoms with van der Waals surface area (Å²) in [6.45, 7) is 6.56. The predicted molar refractivity (Wildman–Crippen MR) is 84.4 cm³/mol. The summed E-state index contributed by atoms with van der Waals surface area (Å²) in [4.78, 5) is 4.73. The lowest BCUT2D eigenvalue weighted by molar-refractivity contribution is 0.357. The van der Waals surface area contributed by atoms with Crippen molar-refractivity contribution in [2.75, 3.05) is 6.61 Å². The summed E-state index contributed by atoms with van der Waals surface area (Å²) in [6.07, 6.45) is 1.44. The molecule has 0 spiro atoms. The molecule has 21 heavy (non-hydrogen) atoms. The van der Waals surface area contributed by atoms with Crippen LogP contribution in [0.4, 0.5) is 0 Å². The lowest BCUT2D eigenvalue weighted by Crippen LogP contribution is -1.93. The van der Waals surface area contributed by atoms with E-state index in [1.165, 1.54) is 10.9 Å². The SMILES string of the molecule is [CH]Cc1cc2ccccc2c(-c2ccc3c(c2)OCC3)n1. The number of benzene rings is 2. The highest BCUT2D eigenvalue weighted by Gasteiger charge is 2.14. The zero-order valence-corrected chi connectivity index (χ0v) is 11.7. The molecule has 102 valence electrons. The lowest BCUT2D eigenvalue weighted by atomic mass is 10.0. The van der Waals surface area contributed by atoms with Crippen molar-refractivity contribution in [3.63, 3.8) is 0 Å². The Morgan fingerprint density at radius 3 is 2.90 bits per heavy atom. The average molecular weight is 273 g/mol. The zero-order chi connectivity index (χ0) is 14.2. The molecule has 1 aromatic heterocycles. The summed E-state index contributed by atoms with van der Waals surface area (Å²) in [6, 6.07) is 16.7. The van der Waals surface area contributed by atoms with E-state index < -0.39 is 0 Å². The summed E-state index contributed by atoms with van der Waals surface area (Å²) in [7, 11) is 0. The number of pyridine rings is 1. The number of fused-ring (bicyclic) bond motifs is 2. The minimum atomic E-state index is 0.444. The molecule has 0 saturated carbocycles. The van der Waals surface area contributed by atoms with Gasteiger partial charge in [0.2, 0.25) is 0 Å².